The number of rotatable bonds is 3. The molecule has 0 radical (unpaired) electrons. The van der Waals surface area contributed by atoms with Crippen molar-refractivity contribution in [2.75, 3.05) is 18.9 Å². The van der Waals surface area contributed by atoms with E-state index in [1.54, 1.807) is 12.1 Å². The van der Waals surface area contributed by atoms with Crippen LogP contribution in [0.15, 0.2) is 29.2 Å². The zero-order chi connectivity index (χ0) is 12.1. The Kier molecular flexibility index (Phi) is 4.39. The van der Waals surface area contributed by atoms with E-state index in [0.29, 0.717) is 18.9 Å². The molecule has 17 heavy (non-hydrogen) atoms. The lowest BCUT2D eigenvalue weighted by molar-refractivity contribution is -0.194. The first kappa shape index (κ1) is 12.4. The summed E-state index contributed by atoms with van der Waals surface area (Å²) in [5, 5.41) is 1.43. The normalized spacial score (nSPS) is 15.9. The molecule has 0 atom stereocenters. The van der Waals surface area contributed by atoms with Gasteiger partial charge in [-0.05, 0) is 37.1 Å². The SMILES string of the molecule is O=C(CSc1ccc(F)cc1)N1CCCCO1. The van der Waals surface area contributed by atoms with Gasteiger partial charge in [0.25, 0.3) is 5.91 Å². The van der Waals surface area contributed by atoms with Gasteiger partial charge in [0.1, 0.15) is 5.82 Å². The van der Waals surface area contributed by atoms with Crippen LogP contribution in [0.3, 0.4) is 0 Å². The Hall–Kier alpha value is -1.07. The average Bonchev–Trinajstić information content (AvgIpc) is 2.39. The highest BCUT2D eigenvalue weighted by Gasteiger charge is 2.17. The summed E-state index contributed by atoms with van der Waals surface area (Å²) in [5.41, 5.74) is 0. The highest BCUT2D eigenvalue weighted by Crippen LogP contribution is 2.19. The molecule has 0 unspecified atom stereocenters. The Morgan fingerprint density at radius 3 is 2.76 bits per heavy atom. The molecular formula is C12H14FNO2S. The van der Waals surface area contributed by atoms with Gasteiger partial charge in [0.05, 0.1) is 12.4 Å². The smallest absolute Gasteiger partial charge is 0.256 e. The topological polar surface area (TPSA) is 29.5 Å². The monoisotopic (exact) mass is 255 g/mol. The Balaban J connectivity index is 1.81. The maximum Gasteiger partial charge on any atom is 0.256 e. The fraction of sp³-hybridized carbons (Fsp3) is 0.417. The van der Waals surface area contributed by atoms with E-state index in [1.165, 1.54) is 29.0 Å². The van der Waals surface area contributed by atoms with Crippen molar-refractivity contribution in [2.45, 2.75) is 17.7 Å². The quantitative estimate of drug-likeness (QED) is 0.777. The van der Waals surface area contributed by atoms with Crippen molar-refractivity contribution in [1.29, 1.82) is 0 Å². The second-order valence-electron chi connectivity index (χ2n) is 3.78. The van der Waals surface area contributed by atoms with Gasteiger partial charge in [-0.1, -0.05) is 0 Å². The summed E-state index contributed by atoms with van der Waals surface area (Å²) >= 11 is 1.39. The molecule has 1 saturated heterocycles. The van der Waals surface area contributed by atoms with Gasteiger partial charge in [-0.2, -0.15) is 0 Å². The van der Waals surface area contributed by atoms with Crippen LogP contribution in [0.2, 0.25) is 0 Å². The lowest BCUT2D eigenvalue weighted by atomic mass is 10.3. The second-order valence-corrected chi connectivity index (χ2v) is 4.83. The average molecular weight is 255 g/mol. The second kappa shape index (κ2) is 6.02. The molecule has 0 bridgehead atoms. The number of thioether (sulfide) groups is 1. The molecule has 3 nitrogen and oxygen atoms in total. The van der Waals surface area contributed by atoms with E-state index in [1.807, 2.05) is 0 Å². The van der Waals surface area contributed by atoms with E-state index >= 15 is 0 Å². The number of halogens is 1. The summed E-state index contributed by atoms with van der Waals surface area (Å²) in [4.78, 5) is 17.9. The van der Waals surface area contributed by atoms with Crippen LogP contribution in [0.1, 0.15) is 12.8 Å². The molecule has 1 fully saturated rings. The number of carbonyl (C=O) groups is 1. The van der Waals surface area contributed by atoms with Gasteiger partial charge in [-0.3, -0.25) is 9.63 Å². The summed E-state index contributed by atoms with van der Waals surface area (Å²) in [6.07, 6.45) is 2.00. The highest BCUT2D eigenvalue weighted by molar-refractivity contribution is 8.00. The van der Waals surface area contributed by atoms with Crippen LogP contribution in [-0.2, 0) is 9.63 Å². The van der Waals surface area contributed by atoms with Crippen LogP contribution in [0.4, 0.5) is 4.39 Å². The van der Waals surface area contributed by atoms with E-state index < -0.39 is 0 Å². The molecule has 0 aromatic heterocycles. The van der Waals surface area contributed by atoms with Crippen molar-refractivity contribution >= 4 is 17.7 Å². The molecule has 0 aliphatic carbocycles. The maximum atomic E-state index is 12.7. The third-order valence-corrected chi connectivity index (χ3v) is 3.45. The Morgan fingerprint density at radius 2 is 2.12 bits per heavy atom. The van der Waals surface area contributed by atoms with E-state index in [9.17, 15) is 9.18 Å². The van der Waals surface area contributed by atoms with Crippen LogP contribution in [0.25, 0.3) is 0 Å². The van der Waals surface area contributed by atoms with Gasteiger partial charge >= 0.3 is 0 Å². The number of hydrogen-bond acceptors (Lipinski definition) is 3. The van der Waals surface area contributed by atoms with Gasteiger partial charge in [0.15, 0.2) is 0 Å². The Bertz CT molecular complexity index is 377. The van der Waals surface area contributed by atoms with Crippen molar-refractivity contribution in [2.24, 2.45) is 0 Å². The van der Waals surface area contributed by atoms with Crippen molar-refractivity contribution in [3.8, 4) is 0 Å². The van der Waals surface area contributed by atoms with Crippen molar-refractivity contribution in [3.05, 3.63) is 30.1 Å². The zero-order valence-electron chi connectivity index (χ0n) is 9.39. The van der Waals surface area contributed by atoms with E-state index in [2.05, 4.69) is 0 Å². The summed E-state index contributed by atoms with van der Waals surface area (Å²) < 4.78 is 12.7. The van der Waals surface area contributed by atoms with Crippen LogP contribution in [0.5, 0.6) is 0 Å². The maximum absolute atomic E-state index is 12.7. The standard InChI is InChI=1S/C12H14FNO2S/c13-10-3-5-11(6-4-10)17-9-12(15)14-7-1-2-8-16-14/h3-6H,1-2,7-9H2. The number of carbonyl (C=O) groups excluding carboxylic acids is 1. The van der Waals surface area contributed by atoms with Gasteiger partial charge in [0, 0.05) is 11.4 Å². The first-order chi connectivity index (χ1) is 8.25. The minimum atomic E-state index is -0.264. The summed E-state index contributed by atoms with van der Waals surface area (Å²) in [6.45, 7) is 1.29. The molecule has 2 rings (SSSR count). The van der Waals surface area contributed by atoms with Gasteiger partial charge in [0.2, 0.25) is 0 Å². The van der Waals surface area contributed by atoms with Crippen LogP contribution >= 0.6 is 11.8 Å². The molecular weight excluding hydrogens is 241 g/mol. The molecule has 0 spiro atoms. The molecule has 1 aromatic carbocycles. The van der Waals surface area contributed by atoms with Crippen molar-refractivity contribution < 1.29 is 14.0 Å². The predicted molar refractivity (Wildman–Crippen MR) is 64.0 cm³/mol. The lowest BCUT2D eigenvalue weighted by Crippen LogP contribution is -2.36. The number of nitrogens with zero attached hydrogens (tertiary/aromatic N) is 1. The summed E-state index contributed by atoms with van der Waals surface area (Å²) in [5.74, 6) is 0.0325. The van der Waals surface area contributed by atoms with Crippen LogP contribution in [-0.4, -0.2) is 29.9 Å². The number of hydroxylamine groups is 2. The van der Waals surface area contributed by atoms with Crippen LogP contribution < -0.4 is 0 Å². The lowest BCUT2D eigenvalue weighted by Gasteiger charge is -2.25. The Labute approximate surface area is 104 Å². The molecule has 0 saturated carbocycles. The van der Waals surface area contributed by atoms with Gasteiger partial charge < -0.3 is 0 Å². The predicted octanol–water partition coefficient (Wildman–Crippen LogP) is 2.47. The first-order valence-corrected chi connectivity index (χ1v) is 6.56. The van der Waals surface area contributed by atoms with Crippen molar-refractivity contribution in [3.63, 3.8) is 0 Å². The molecule has 1 aromatic rings. The summed E-state index contributed by atoms with van der Waals surface area (Å²) in [6, 6.07) is 6.13. The zero-order valence-corrected chi connectivity index (χ0v) is 10.2. The molecule has 1 aliphatic heterocycles. The van der Waals surface area contributed by atoms with Crippen LogP contribution in [0, 0.1) is 5.82 Å². The minimum absolute atomic E-state index is 0.0287. The van der Waals surface area contributed by atoms with Crippen molar-refractivity contribution in [1.82, 2.24) is 5.06 Å². The molecule has 1 aliphatic rings. The highest BCUT2D eigenvalue weighted by atomic mass is 32.2. The number of hydrogen-bond donors (Lipinski definition) is 0. The Morgan fingerprint density at radius 1 is 1.35 bits per heavy atom. The molecule has 1 amide bonds. The van der Waals surface area contributed by atoms with Gasteiger partial charge in [-0.15, -0.1) is 11.8 Å². The fourth-order valence-electron chi connectivity index (χ4n) is 1.54. The third kappa shape index (κ3) is 3.71. The summed E-state index contributed by atoms with van der Waals surface area (Å²) in [7, 11) is 0. The molecule has 1 heterocycles. The van der Waals surface area contributed by atoms with Gasteiger partial charge in [-0.25, -0.2) is 9.45 Å². The molecule has 92 valence electrons. The van der Waals surface area contributed by atoms with E-state index in [4.69, 9.17) is 4.84 Å². The first-order valence-electron chi connectivity index (χ1n) is 5.57. The largest absolute Gasteiger partial charge is 0.272 e. The van der Waals surface area contributed by atoms with E-state index in [0.717, 1.165) is 17.7 Å². The molecule has 5 heteroatoms. The fourth-order valence-corrected chi connectivity index (χ4v) is 2.30. The number of amides is 1. The van der Waals surface area contributed by atoms with E-state index in [-0.39, 0.29) is 11.7 Å². The minimum Gasteiger partial charge on any atom is -0.272 e. The third-order valence-electron chi connectivity index (χ3n) is 2.46. The molecule has 0 N–H and O–H groups in total. The number of benzene rings is 1.